The molecule has 116 valence electrons. The first kappa shape index (κ1) is 17.2. The van der Waals surface area contributed by atoms with Crippen molar-refractivity contribution in [3.63, 3.8) is 0 Å². The molecule has 1 amide bonds. The first-order chi connectivity index (χ1) is 9.76. The van der Waals surface area contributed by atoms with Crippen LogP contribution in [0.1, 0.15) is 20.8 Å². The third-order valence-electron chi connectivity index (χ3n) is 2.18. The molecule has 21 heavy (non-hydrogen) atoms. The van der Waals surface area contributed by atoms with Gasteiger partial charge in [-0.2, -0.15) is 0 Å². The summed E-state index contributed by atoms with van der Waals surface area (Å²) in [4.78, 5) is 11.4. The number of ether oxygens (including phenoxy) is 1. The Bertz CT molecular complexity index is 486. The Morgan fingerprint density at radius 2 is 1.76 bits per heavy atom. The minimum absolute atomic E-state index is 0.305. The van der Waals surface area contributed by atoms with Crippen LogP contribution in [0.5, 0.6) is 0 Å². The minimum Gasteiger partial charge on any atom is -0.444 e. The maximum atomic E-state index is 12.7. The van der Waals surface area contributed by atoms with Crippen LogP contribution in [-0.4, -0.2) is 29.9 Å². The van der Waals surface area contributed by atoms with Crippen molar-refractivity contribution in [2.75, 3.05) is 18.4 Å². The molecule has 0 saturated heterocycles. The lowest BCUT2D eigenvalue weighted by Crippen LogP contribution is -2.39. The number of hydrogen-bond acceptors (Lipinski definition) is 3. The number of alkyl carbamates (subject to hydrolysis) is 1. The van der Waals surface area contributed by atoms with Gasteiger partial charge in [-0.1, -0.05) is 0 Å². The number of nitrogens with one attached hydrogen (secondary N) is 3. The molecule has 0 radical (unpaired) electrons. The third-order valence-corrected chi connectivity index (χ3v) is 2.43. The number of thiocarbonyl (C=S) groups is 1. The largest absolute Gasteiger partial charge is 0.444 e. The lowest BCUT2D eigenvalue weighted by atomic mass is 10.2. The summed E-state index contributed by atoms with van der Waals surface area (Å²) in [5.41, 5.74) is 0.172. The van der Waals surface area contributed by atoms with Gasteiger partial charge in [-0.05, 0) is 57.3 Å². The predicted molar refractivity (Wildman–Crippen MR) is 84.9 cm³/mol. The lowest BCUT2D eigenvalue weighted by molar-refractivity contribution is 0.0529. The normalized spacial score (nSPS) is 10.7. The molecule has 0 aromatic heterocycles. The van der Waals surface area contributed by atoms with Crippen LogP contribution in [0, 0.1) is 5.82 Å². The first-order valence-electron chi connectivity index (χ1n) is 6.53. The molecular weight excluding hydrogens is 293 g/mol. The summed E-state index contributed by atoms with van der Waals surface area (Å²) in [7, 11) is 0. The van der Waals surface area contributed by atoms with Crippen molar-refractivity contribution >= 4 is 29.1 Å². The fourth-order valence-electron chi connectivity index (χ4n) is 1.36. The van der Waals surface area contributed by atoms with Crippen molar-refractivity contribution in [1.82, 2.24) is 10.6 Å². The Balaban J connectivity index is 2.19. The summed E-state index contributed by atoms with van der Waals surface area (Å²) in [5.74, 6) is -0.305. The smallest absolute Gasteiger partial charge is 0.407 e. The number of benzene rings is 1. The van der Waals surface area contributed by atoms with E-state index in [1.54, 1.807) is 32.9 Å². The van der Waals surface area contributed by atoms with E-state index in [4.69, 9.17) is 17.0 Å². The van der Waals surface area contributed by atoms with Gasteiger partial charge in [0.25, 0.3) is 0 Å². The first-order valence-corrected chi connectivity index (χ1v) is 6.94. The van der Waals surface area contributed by atoms with Gasteiger partial charge in [0.2, 0.25) is 0 Å². The molecular formula is C14H20FN3O2S. The van der Waals surface area contributed by atoms with Crippen LogP contribution in [-0.2, 0) is 4.74 Å². The molecule has 0 fully saturated rings. The molecule has 0 spiro atoms. The van der Waals surface area contributed by atoms with E-state index in [9.17, 15) is 9.18 Å². The second-order valence-corrected chi connectivity index (χ2v) is 5.72. The maximum Gasteiger partial charge on any atom is 0.407 e. The van der Waals surface area contributed by atoms with E-state index in [2.05, 4.69) is 16.0 Å². The Kier molecular flexibility index (Phi) is 6.36. The predicted octanol–water partition coefficient (Wildman–Crippen LogP) is 2.64. The van der Waals surface area contributed by atoms with E-state index >= 15 is 0 Å². The van der Waals surface area contributed by atoms with Crippen LogP contribution >= 0.6 is 12.2 Å². The summed E-state index contributed by atoms with van der Waals surface area (Å²) < 4.78 is 17.8. The Hall–Kier alpha value is -1.89. The van der Waals surface area contributed by atoms with Crippen LogP contribution in [0.25, 0.3) is 0 Å². The van der Waals surface area contributed by atoms with E-state index in [1.165, 1.54) is 12.1 Å². The van der Waals surface area contributed by atoms with Crippen molar-refractivity contribution in [2.45, 2.75) is 26.4 Å². The fourth-order valence-corrected chi connectivity index (χ4v) is 1.58. The number of rotatable bonds is 4. The van der Waals surface area contributed by atoms with Crippen LogP contribution in [0.3, 0.4) is 0 Å². The van der Waals surface area contributed by atoms with Gasteiger partial charge in [0.1, 0.15) is 11.4 Å². The van der Waals surface area contributed by atoms with Gasteiger partial charge in [-0.15, -0.1) is 0 Å². The van der Waals surface area contributed by atoms with Crippen molar-refractivity contribution in [3.05, 3.63) is 30.1 Å². The van der Waals surface area contributed by atoms with Crippen molar-refractivity contribution < 1.29 is 13.9 Å². The van der Waals surface area contributed by atoms with E-state index in [1.807, 2.05) is 0 Å². The van der Waals surface area contributed by atoms with Gasteiger partial charge >= 0.3 is 6.09 Å². The summed E-state index contributed by atoms with van der Waals surface area (Å²) >= 11 is 5.08. The van der Waals surface area contributed by atoms with E-state index < -0.39 is 11.7 Å². The lowest BCUT2D eigenvalue weighted by Gasteiger charge is -2.19. The molecule has 0 unspecified atom stereocenters. The fraction of sp³-hybridized carbons (Fsp3) is 0.429. The SMILES string of the molecule is CC(C)(C)OC(=O)NCCNC(=S)Nc1ccc(F)cc1. The van der Waals surface area contributed by atoms with Gasteiger partial charge in [0, 0.05) is 18.8 Å². The summed E-state index contributed by atoms with van der Waals surface area (Å²) in [6.45, 7) is 6.22. The molecule has 1 rings (SSSR count). The number of hydrogen-bond donors (Lipinski definition) is 3. The Labute approximate surface area is 129 Å². The molecule has 3 N–H and O–H groups in total. The summed E-state index contributed by atoms with van der Waals surface area (Å²) in [5, 5.41) is 8.83. The molecule has 0 atom stereocenters. The molecule has 0 aliphatic rings. The molecule has 0 aliphatic carbocycles. The van der Waals surface area contributed by atoms with Crippen molar-refractivity contribution in [3.8, 4) is 0 Å². The third kappa shape index (κ3) is 8.09. The van der Waals surface area contributed by atoms with Crippen LogP contribution in [0.2, 0.25) is 0 Å². The molecule has 0 heterocycles. The highest BCUT2D eigenvalue weighted by Gasteiger charge is 2.15. The monoisotopic (exact) mass is 313 g/mol. The van der Waals surface area contributed by atoms with Crippen molar-refractivity contribution in [1.29, 1.82) is 0 Å². The van der Waals surface area contributed by atoms with Crippen molar-refractivity contribution in [2.24, 2.45) is 0 Å². The van der Waals surface area contributed by atoms with E-state index in [-0.39, 0.29) is 5.82 Å². The quantitative estimate of drug-likeness (QED) is 0.589. The summed E-state index contributed by atoms with van der Waals surface area (Å²) in [6, 6.07) is 5.86. The van der Waals surface area contributed by atoms with E-state index in [0.29, 0.717) is 23.9 Å². The highest BCUT2D eigenvalue weighted by molar-refractivity contribution is 7.80. The molecule has 5 nitrogen and oxygen atoms in total. The second-order valence-electron chi connectivity index (χ2n) is 5.32. The Morgan fingerprint density at radius 3 is 2.33 bits per heavy atom. The van der Waals surface area contributed by atoms with Gasteiger partial charge in [0.15, 0.2) is 5.11 Å². The Morgan fingerprint density at radius 1 is 1.19 bits per heavy atom. The number of anilines is 1. The number of amides is 1. The molecule has 1 aromatic carbocycles. The zero-order valence-electron chi connectivity index (χ0n) is 12.3. The number of carbonyl (C=O) groups is 1. The van der Waals surface area contributed by atoms with Gasteiger partial charge in [-0.3, -0.25) is 0 Å². The molecule has 7 heteroatoms. The number of carbonyl (C=O) groups excluding carboxylic acids is 1. The van der Waals surface area contributed by atoms with Crippen LogP contribution in [0.15, 0.2) is 24.3 Å². The van der Waals surface area contributed by atoms with E-state index in [0.717, 1.165) is 0 Å². The highest BCUT2D eigenvalue weighted by atomic mass is 32.1. The standard InChI is InChI=1S/C14H20FN3O2S/c1-14(2,3)20-13(19)17-9-8-16-12(21)18-11-6-4-10(15)5-7-11/h4-7H,8-9H2,1-3H3,(H,17,19)(H2,16,18,21). The van der Waals surface area contributed by atoms with Crippen LogP contribution < -0.4 is 16.0 Å². The molecule has 1 aromatic rings. The van der Waals surface area contributed by atoms with Gasteiger partial charge in [0.05, 0.1) is 0 Å². The zero-order chi connectivity index (χ0) is 15.9. The average Bonchev–Trinajstić information content (AvgIpc) is 2.35. The zero-order valence-corrected chi connectivity index (χ0v) is 13.1. The highest BCUT2D eigenvalue weighted by Crippen LogP contribution is 2.08. The summed E-state index contributed by atoms with van der Waals surface area (Å²) in [6.07, 6.45) is -0.471. The molecule has 0 aliphatic heterocycles. The maximum absolute atomic E-state index is 12.7. The van der Waals surface area contributed by atoms with Crippen LogP contribution in [0.4, 0.5) is 14.9 Å². The van der Waals surface area contributed by atoms with Gasteiger partial charge in [-0.25, -0.2) is 9.18 Å². The minimum atomic E-state index is -0.517. The second kappa shape index (κ2) is 7.78. The molecule has 0 bridgehead atoms. The van der Waals surface area contributed by atoms with Gasteiger partial charge < -0.3 is 20.7 Å². The topological polar surface area (TPSA) is 62.4 Å². The number of halogens is 1. The average molecular weight is 313 g/mol. The molecule has 0 saturated carbocycles.